The van der Waals surface area contributed by atoms with Gasteiger partial charge in [-0.2, -0.15) is 5.26 Å². The first-order valence-electron chi connectivity index (χ1n) is 7.98. The van der Waals surface area contributed by atoms with Crippen LogP contribution in [0.3, 0.4) is 0 Å². The molecule has 0 saturated carbocycles. The van der Waals surface area contributed by atoms with Crippen LogP contribution >= 0.6 is 0 Å². The molecule has 6 nitrogen and oxygen atoms in total. The summed E-state index contributed by atoms with van der Waals surface area (Å²) in [5, 5.41) is 8.94. The number of carbonyl (C=O) groups excluding carboxylic acids is 2. The standard InChI is InChI=1S/C19H26N2O4/c1-18(2,3)25-17(23)21(6)15(16(22)24-7)19(4,5)14-10-8-13(12-20)9-11-14/h8-11,15H,1-7H3. The summed E-state index contributed by atoms with van der Waals surface area (Å²) >= 11 is 0. The predicted octanol–water partition coefficient (Wildman–Crippen LogP) is 3.24. The number of rotatable bonds is 4. The minimum absolute atomic E-state index is 0.523. The number of hydrogen-bond donors (Lipinski definition) is 0. The van der Waals surface area contributed by atoms with Gasteiger partial charge < -0.3 is 9.47 Å². The second-order valence-electron chi connectivity index (χ2n) is 7.43. The zero-order valence-corrected chi connectivity index (χ0v) is 15.9. The number of hydrogen-bond acceptors (Lipinski definition) is 5. The van der Waals surface area contributed by atoms with Crippen LogP contribution in [0.25, 0.3) is 0 Å². The summed E-state index contributed by atoms with van der Waals surface area (Å²) in [5.41, 5.74) is -0.107. The predicted molar refractivity (Wildman–Crippen MR) is 94.0 cm³/mol. The van der Waals surface area contributed by atoms with Crippen molar-refractivity contribution in [3.63, 3.8) is 0 Å². The Morgan fingerprint density at radius 1 is 1.12 bits per heavy atom. The van der Waals surface area contributed by atoms with Gasteiger partial charge in [0.05, 0.1) is 18.7 Å². The summed E-state index contributed by atoms with van der Waals surface area (Å²) in [6.45, 7) is 8.97. The van der Waals surface area contributed by atoms with Crippen LogP contribution in [-0.4, -0.2) is 42.8 Å². The molecule has 0 fully saturated rings. The number of carbonyl (C=O) groups is 2. The molecule has 1 aromatic rings. The van der Waals surface area contributed by atoms with Crippen molar-refractivity contribution in [1.82, 2.24) is 4.90 Å². The van der Waals surface area contributed by atoms with Crippen molar-refractivity contribution in [2.24, 2.45) is 0 Å². The maximum absolute atomic E-state index is 12.5. The fraction of sp³-hybridized carbons (Fsp3) is 0.526. The van der Waals surface area contributed by atoms with Gasteiger partial charge in [-0.1, -0.05) is 26.0 Å². The van der Waals surface area contributed by atoms with E-state index in [0.717, 1.165) is 5.56 Å². The van der Waals surface area contributed by atoms with Crippen LogP contribution in [0, 0.1) is 11.3 Å². The molecule has 1 atom stereocenters. The summed E-state index contributed by atoms with van der Waals surface area (Å²) < 4.78 is 10.3. The van der Waals surface area contributed by atoms with Crippen molar-refractivity contribution >= 4 is 12.1 Å². The number of ether oxygens (including phenoxy) is 2. The summed E-state index contributed by atoms with van der Waals surface area (Å²) in [6.07, 6.45) is -0.607. The first-order chi connectivity index (χ1) is 11.4. The highest BCUT2D eigenvalue weighted by molar-refractivity contribution is 5.83. The lowest BCUT2D eigenvalue weighted by Gasteiger charge is -2.39. The van der Waals surface area contributed by atoms with Gasteiger partial charge in [0.1, 0.15) is 11.6 Å². The third-order valence-corrected chi connectivity index (χ3v) is 3.93. The van der Waals surface area contributed by atoms with Gasteiger partial charge in [0, 0.05) is 12.5 Å². The summed E-state index contributed by atoms with van der Waals surface area (Å²) in [5.74, 6) is -0.539. The molecule has 0 aromatic heterocycles. The lowest BCUT2D eigenvalue weighted by molar-refractivity contribution is -0.148. The lowest BCUT2D eigenvalue weighted by Crippen LogP contribution is -2.54. The molecule has 0 aliphatic rings. The van der Waals surface area contributed by atoms with E-state index in [-0.39, 0.29) is 0 Å². The van der Waals surface area contributed by atoms with Gasteiger partial charge in [-0.15, -0.1) is 0 Å². The van der Waals surface area contributed by atoms with Gasteiger partial charge in [0.2, 0.25) is 0 Å². The van der Waals surface area contributed by atoms with Crippen LogP contribution in [0.2, 0.25) is 0 Å². The molecule has 1 rings (SSSR count). The van der Waals surface area contributed by atoms with Crippen molar-refractivity contribution in [1.29, 1.82) is 5.26 Å². The largest absolute Gasteiger partial charge is 0.467 e. The van der Waals surface area contributed by atoms with Crippen molar-refractivity contribution in [3.8, 4) is 6.07 Å². The van der Waals surface area contributed by atoms with Gasteiger partial charge in [-0.3, -0.25) is 4.90 Å². The molecule has 0 aliphatic carbocycles. The Morgan fingerprint density at radius 3 is 2.04 bits per heavy atom. The highest BCUT2D eigenvalue weighted by Crippen LogP contribution is 2.32. The molecule has 0 aliphatic heterocycles. The number of benzene rings is 1. The molecule has 0 saturated heterocycles. The van der Waals surface area contributed by atoms with E-state index in [9.17, 15) is 9.59 Å². The van der Waals surface area contributed by atoms with Crippen molar-refractivity contribution in [3.05, 3.63) is 35.4 Å². The minimum Gasteiger partial charge on any atom is -0.467 e. The van der Waals surface area contributed by atoms with Crippen LogP contribution in [0.5, 0.6) is 0 Å². The average Bonchev–Trinajstić information content (AvgIpc) is 2.52. The molecule has 1 unspecified atom stereocenters. The highest BCUT2D eigenvalue weighted by Gasteiger charge is 2.43. The molecule has 0 bridgehead atoms. The topological polar surface area (TPSA) is 79.6 Å². The molecule has 6 heteroatoms. The van der Waals surface area contributed by atoms with Crippen LogP contribution in [0.1, 0.15) is 45.7 Å². The SMILES string of the molecule is COC(=O)C(N(C)C(=O)OC(C)(C)C)C(C)(C)c1ccc(C#N)cc1. The zero-order valence-electron chi connectivity index (χ0n) is 15.9. The molecule has 0 heterocycles. The smallest absolute Gasteiger partial charge is 0.410 e. The Morgan fingerprint density at radius 2 is 1.64 bits per heavy atom. The number of amides is 1. The van der Waals surface area contributed by atoms with E-state index in [4.69, 9.17) is 14.7 Å². The van der Waals surface area contributed by atoms with Crippen molar-refractivity contribution in [2.45, 2.75) is 51.7 Å². The second kappa shape index (κ2) is 7.56. The fourth-order valence-electron chi connectivity index (χ4n) is 2.62. The van der Waals surface area contributed by atoms with E-state index in [2.05, 4.69) is 6.07 Å². The second-order valence-corrected chi connectivity index (χ2v) is 7.43. The van der Waals surface area contributed by atoms with E-state index in [1.54, 1.807) is 45.0 Å². The van der Waals surface area contributed by atoms with Crippen molar-refractivity contribution in [2.75, 3.05) is 14.2 Å². The third-order valence-electron chi connectivity index (χ3n) is 3.93. The van der Waals surface area contributed by atoms with E-state index < -0.39 is 29.1 Å². The maximum atomic E-state index is 12.5. The van der Waals surface area contributed by atoms with E-state index in [0.29, 0.717) is 5.56 Å². The number of nitrogens with zero attached hydrogens (tertiary/aromatic N) is 2. The van der Waals surface area contributed by atoms with Gasteiger partial charge in [0.25, 0.3) is 0 Å². The monoisotopic (exact) mass is 346 g/mol. The molecular weight excluding hydrogens is 320 g/mol. The number of likely N-dealkylation sites (N-methyl/N-ethyl adjacent to an activating group) is 1. The maximum Gasteiger partial charge on any atom is 0.410 e. The van der Waals surface area contributed by atoms with E-state index >= 15 is 0 Å². The normalized spacial score (nSPS) is 12.7. The molecule has 25 heavy (non-hydrogen) atoms. The number of nitriles is 1. The quantitative estimate of drug-likeness (QED) is 0.782. The molecule has 0 radical (unpaired) electrons. The summed E-state index contributed by atoms with van der Waals surface area (Å²) in [7, 11) is 2.80. The summed E-state index contributed by atoms with van der Waals surface area (Å²) in [4.78, 5) is 26.2. The average molecular weight is 346 g/mol. The molecular formula is C19H26N2O4. The summed E-state index contributed by atoms with van der Waals surface area (Å²) in [6, 6.07) is 8.08. The molecule has 1 aromatic carbocycles. The highest BCUT2D eigenvalue weighted by atomic mass is 16.6. The molecule has 1 amide bonds. The van der Waals surface area contributed by atoms with Crippen LogP contribution < -0.4 is 0 Å². The first kappa shape index (κ1) is 20.5. The van der Waals surface area contributed by atoms with Crippen LogP contribution in [-0.2, 0) is 19.7 Å². The fourth-order valence-corrected chi connectivity index (χ4v) is 2.62. The third kappa shape index (κ3) is 4.96. The number of esters is 1. The Balaban J connectivity index is 3.25. The van der Waals surface area contributed by atoms with Gasteiger partial charge >= 0.3 is 12.1 Å². The van der Waals surface area contributed by atoms with Crippen LogP contribution in [0.4, 0.5) is 4.79 Å². The Bertz CT molecular complexity index is 666. The Kier molecular flexibility index (Phi) is 6.20. The Labute approximate surface area is 149 Å². The Hall–Kier alpha value is -2.55. The lowest BCUT2D eigenvalue weighted by atomic mass is 9.77. The minimum atomic E-state index is -0.889. The zero-order chi connectivity index (χ0) is 19.4. The molecule has 0 N–H and O–H groups in total. The van der Waals surface area contributed by atoms with Crippen LogP contribution in [0.15, 0.2) is 24.3 Å². The molecule has 0 spiro atoms. The van der Waals surface area contributed by atoms with E-state index in [1.165, 1.54) is 19.1 Å². The van der Waals surface area contributed by atoms with Gasteiger partial charge in [-0.05, 0) is 38.5 Å². The molecule has 136 valence electrons. The first-order valence-corrected chi connectivity index (χ1v) is 7.98. The number of methoxy groups -OCH3 is 1. The van der Waals surface area contributed by atoms with Gasteiger partial charge in [0.15, 0.2) is 0 Å². The van der Waals surface area contributed by atoms with Crippen molar-refractivity contribution < 1.29 is 19.1 Å². The van der Waals surface area contributed by atoms with Gasteiger partial charge in [-0.25, -0.2) is 9.59 Å². The van der Waals surface area contributed by atoms with E-state index in [1.807, 2.05) is 13.8 Å².